The highest BCUT2D eigenvalue weighted by Gasteiger charge is 2.21. The van der Waals surface area contributed by atoms with Crippen molar-refractivity contribution in [3.63, 3.8) is 0 Å². The molecule has 0 radical (unpaired) electrons. The van der Waals surface area contributed by atoms with E-state index in [0.717, 1.165) is 28.1 Å². The van der Waals surface area contributed by atoms with Gasteiger partial charge in [-0.3, -0.25) is 14.5 Å². The molecule has 1 aromatic heterocycles. The second-order valence-electron chi connectivity index (χ2n) is 7.06. The van der Waals surface area contributed by atoms with E-state index in [0.29, 0.717) is 17.1 Å². The quantitative estimate of drug-likeness (QED) is 0.171. The predicted molar refractivity (Wildman–Crippen MR) is 130 cm³/mol. The molecule has 4 aromatic rings. The van der Waals surface area contributed by atoms with Crippen molar-refractivity contribution in [2.45, 2.75) is 24.7 Å². The largest absolute Gasteiger partial charge is 0.295 e. The molecular formula is C25H22N2O2S2. The normalized spacial score (nSPS) is 10.9. The zero-order valence-corrected chi connectivity index (χ0v) is 18.8. The third-order valence-corrected chi connectivity index (χ3v) is 6.92. The van der Waals surface area contributed by atoms with Gasteiger partial charge in [0.15, 0.2) is 10.9 Å². The molecule has 4 rings (SSSR count). The lowest BCUT2D eigenvalue weighted by molar-refractivity contribution is -0.117. The second-order valence-corrected chi connectivity index (χ2v) is 9.24. The molecule has 0 fully saturated rings. The highest BCUT2D eigenvalue weighted by atomic mass is 32.2. The summed E-state index contributed by atoms with van der Waals surface area (Å²) in [6.45, 7) is 1.54. The topological polar surface area (TPSA) is 50.3 Å². The summed E-state index contributed by atoms with van der Waals surface area (Å²) >= 11 is 3.25. The lowest BCUT2D eigenvalue weighted by atomic mass is 10.1. The van der Waals surface area contributed by atoms with Crippen LogP contribution in [0.15, 0.2) is 83.8 Å². The minimum Gasteiger partial charge on any atom is -0.295 e. The van der Waals surface area contributed by atoms with Crippen LogP contribution in [0.4, 0.5) is 10.8 Å². The number of amides is 1. The van der Waals surface area contributed by atoms with Crippen LogP contribution in [0.2, 0.25) is 0 Å². The number of thiazole rings is 1. The highest BCUT2D eigenvalue weighted by molar-refractivity contribution is 7.99. The number of carbonyl (C=O) groups excluding carboxylic acids is 2. The number of thioether (sulfide) groups is 1. The Kier molecular flexibility index (Phi) is 6.79. The number of aromatic nitrogens is 1. The first kappa shape index (κ1) is 21.3. The van der Waals surface area contributed by atoms with E-state index in [-0.39, 0.29) is 11.7 Å². The minimum atomic E-state index is 0.00218. The predicted octanol–water partition coefficient (Wildman–Crippen LogP) is 6.74. The van der Waals surface area contributed by atoms with Crippen molar-refractivity contribution in [1.29, 1.82) is 0 Å². The summed E-state index contributed by atoms with van der Waals surface area (Å²) in [5.74, 6) is 0.873. The first-order valence-electron chi connectivity index (χ1n) is 10.1. The average molecular weight is 447 g/mol. The van der Waals surface area contributed by atoms with Crippen molar-refractivity contribution in [1.82, 2.24) is 4.98 Å². The van der Waals surface area contributed by atoms with Crippen LogP contribution < -0.4 is 4.90 Å². The van der Waals surface area contributed by atoms with Crippen molar-refractivity contribution in [3.8, 4) is 0 Å². The first-order valence-corrected chi connectivity index (χ1v) is 11.9. The molecule has 0 bridgehead atoms. The van der Waals surface area contributed by atoms with Crippen LogP contribution in [0.3, 0.4) is 0 Å². The van der Waals surface area contributed by atoms with Crippen LogP contribution >= 0.6 is 23.1 Å². The van der Waals surface area contributed by atoms with Crippen molar-refractivity contribution >= 4 is 55.8 Å². The molecule has 3 aromatic carbocycles. The zero-order chi connectivity index (χ0) is 21.6. The van der Waals surface area contributed by atoms with Crippen LogP contribution in [0.1, 0.15) is 30.1 Å². The number of hydrogen-bond acceptors (Lipinski definition) is 5. The number of benzene rings is 3. The van der Waals surface area contributed by atoms with Gasteiger partial charge in [0.2, 0.25) is 5.91 Å². The van der Waals surface area contributed by atoms with Gasteiger partial charge in [-0.2, -0.15) is 0 Å². The summed E-state index contributed by atoms with van der Waals surface area (Å²) in [4.78, 5) is 32.5. The molecule has 1 amide bonds. The van der Waals surface area contributed by atoms with Gasteiger partial charge in [0.05, 0.1) is 15.9 Å². The van der Waals surface area contributed by atoms with E-state index < -0.39 is 0 Å². The number of Topliss-reactive ketones (excluding diaryl/α,β-unsaturated/α-hetero) is 1. The summed E-state index contributed by atoms with van der Waals surface area (Å²) in [5.41, 5.74) is 2.23. The second kappa shape index (κ2) is 9.90. The zero-order valence-electron chi connectivity index (χ0n) is 17.2. The SMILES string of the molecule is CC(=O)c1ccc(N(C(=O)CCCSc2ccccc2)c2nc3ccccc3s2)cc1. The van der Waals surface area contributed by atoms with Gasteiger partial charge in [0, 0.05) is 16.9 Å². The number of anilines is 2. The molecular weight excluding hydrogens is 424 g/mol. The molecule has 0 unspecified atom stereocenters. The fourth-order valence-electron chi connectivity index (χ4n) is 3.20. The van der Waals surface area contributed by atoms with Gasteiger partial charge in [0.25, 0.3) is 0 Å². The van der Waals surface area contributed by atoms with E-state index in [9.17, 15) is 9.59 Å². The van der Waals surface area contributed by atoms with Gasteiger partial charge >= 0.3 is 0 Å². The van der Waals surface area contributed by atoms with E-state index in [2.05, 4.69) is 12.1 Å². The molecule has 0 aliphatic carbocycles. The fraction of sp³-hybridized carbons (Fsp3) is 0.160. The van der Waals surface area contributed by atoms with Gasteiger partial charge < -0.3 is 0 Å². The molecule has 6 heteroatoms. The van der Waals surface area contributed by atoms with E-state index in [1.165, 1.54) is 23.2 Å². The summed E-state index contributed by atoms with van der Waals surface area (Å²) in [6, 6.07) is 25.2. The third kappa shape index (κ3) is 5.21. The Labute approximate surface area is 189 Å². The third-order valence-electron chi connectivity index (χ3n) is 4.80. The van der Waals surface area contributed by atoms with Crippen LogP contribution in [0.5, 0.6) is 0 Å². The van der Waals surface area contributed by atoms with Crippen molar-refractivity contribution in [2.75, 3.05) is 10.7 Å². The molecule has 0 saturated carbocycles. The number of hydrogen-bond donors (Lipinski definition) is 0. The molecule has 0 aliphatic heterocycles. The number of para-hydroxylation sites is 1. The Hall–Kier alpha value is -2.96. The number of carbonyl (C=O) groups is 2. The molecule has 0 saturated heterocycles. The van der Waals surface area contributed by atoms with Gasteiger partial charge in [-0.25, -0.2) is 4.98 Å². The molecule has 0 atom stereocenters. The monoisotopic (exact) mass is 446 g/mol. The standard InChI is InChI=1S/C25H22N2O2S2/c1-18(28)19-13-15-20(16-14-19)27(25-26-22-10-5-6-11-23(22)31-25)24(29)12-7-17-30-21-8-3-2-4-9-21/h2-6,8-11,13-16H,7,12,17H2,1H3. The smallest absolute Gasteiger partial charge is 0.233 e. The molecule has 4 nitrogen and oxygen atoms in total. The van der Waals surface area contributed by atoms with E-state index >= 15 is 0 Å². The summed E-state index contributed by atoms with van der Waals surface area (Å²) in [7, 11) is 0. The Balaban J connectivity index is 1.54. The summed E-state index contributed by atoms with van der Waals surface area (Å²) in [5, 5.41) is 0.650. The number of nitrogens with zero attached hydrogens (tertiary/aromatic N) is 2. The highest BCUT2D eigenvalue weighted by Crippen LogP contribution is 2.34. The molecule has 0 N–H and O–H groups in total. The maximum atomic E-state index is 13.3. The van der Waals surface area contributed by atoms with Crippen LogP contribution in [0.25, 0.3) is 10.2 Å². The van der Waals surface area contributed by atoms with Gasteiger partial charge in [-0.05, 0) is 67.6 Å². The van der Waals surface area contributed by atoms with Gasteiger partial charge in [-0.1, -0.05) is 41.7 Å². The van der Waals surface area contributed by atoms with Crippen LogP contribution in [-0.2, 0) is 4.79 Å². The average Bonchev–Trinajstić information content (AvgIpc) is 3.21. The summed E-state index contributed by atoms with van der Waals surface area (Å²) < 4.78 is 1.04. The van der Waals surface area contributed by atoms with E-state index in [1.807, 2.05) is 54.6 Å². The van der Waals surface area contributed by atoms with Gasteiger partial charge in [-0.15, -0.1) is 11.8 Å². The van der Waals surface area contributed by atoms with Crippen molar-refractivity contribution in [3.05, 3.63) is 84.4 Å². The van der Waals surface area contributed by atoms with Gasteiger partial charge in [0.1, 0.15) is 0 Å². The molecule has 0 aliphatic rings. The maximum Gasteiger partial charge on any atom is 0.233 e. The van der Waals surface area contributed by atoms with Crippen molar-refractivity contribution in [2.24, 2.45) is 0 Å². The fourth-order valence-corrected chi connectivity index (χ4v) is 5.08. The molecule has 156 valence electrons. The maximum absolute atomic E-state index is 13.3. The molecule has 1 heterocycles. The van der Waals surface area contributed by atoms with E-state index in [1.54, 1.807) is 28.8 Å². The van der Waals surface area contributed by atoms with Crippen LogP contribution in [0, 0.1) is 0 Å². The number of fused-ring (bicyclic) bond motifs is 1. The minimum absolute atomic E-state index is 0.00218. The molecule has 31 heavy (non-hydrogen) atoms. The Morgan fingerprint density at radius 3 is 2.35 bits per heavy atom. The Bertz CT molecular complexity index is 1150. The molecule has 0 spiro atoms. The van der Waals surface area contributed by atoms with E-state index in [4.69, 9.17) is 4.98 Å². The first-order chi connectivity index (χ1) is 15.1. The number of ketones is 1. The number of rotatable bonds is 8. The summed E-state index contributed by atoms with van der Waals surface area (Å²) in [6.07, 6.45) is 1.19. The lowest BCUT2D eigenvalue weighted by Crippen LogP contribution is -2.25. The van der Waals surface area contributed by atoms with Crippen LogP contribution in [-0.4, -0.2) is 22.4 Å². The van der Waals surface area contributed by atoms with Crippen molar-refractivity contribution < 1.29 is 9.59 Å². The Morgan fingerprint density at radius 2 is 1.65 bits per heavy atom. The Morgan fingerprint density at radius 1 is 0.935 bits per heavy atom. The lowest BCUT2D eigenvalue weighted by Gasteiger charge is -2.20.